The molecule has 2 aromatic rings. The highest BCUT2D eigenvalue weighted by Gasteiger charge is 2.28. The molecular formula is C18H28N6O2S. The van der Waals surface area contributed by atoms with Gasteiger partial charge in [0.2, 0.25) is 11.0 Å². The molecule has 0 aliphatic carbocycles. The molecule has 1 fully saturated rings. The van der Waals surface area contributed by atoms with Crippen LogP contribution in [0.5, 0.6) is 0 Å². The molecule has 3 heterocycles. The van der Waals surface area contributed by atoms with Crippen molar-refractivity contribution in [1.29, 1.82) is 0 Å². The third kappa shape index (κ3) is 5.26. The quantitative estimate of drug-likeness (QED) is 0.772. The largest absolute Gasteiger partial charge is 0.364 e. The van der Waals surface area contributed by atoms with E-state index in [4.69, 9.17) is 4.52 Å². The summed E-state index contributed by atoms with van der Waals surface area (Å²) in [7, 11) is 4.11. The van der Waals surface area contributed by atoms with Crippen LogP contribution in [0.1, 0.15) is 26.7 Å². The molecule has 1 aliphatic heterocycles. The van der Waals surface area contributed by atoms with Crippen molar-refractivity contribution in [2.24, 2.45) is 11.3 Å². The molecule has 148 valence electrons. The molecule has 0 unspecified atom stereocenters. The summed E-state index contributed by atoms with van der Waals surface area (Å²) in [6, 6.07) is 1.78. The summed E-state index contributed by atoms with van der Waals surface area (Å²) in [5, 5.41) is 17.1. The number of anilines is 1. The molecule has 1 N–H and O–H groups in total. The molecule has 27 heavy (non-hydrogen) atoms. The van der Waals surface area contributed by atoms with Crippen molar-refractivity contribution in [2.75, 3.05) is 45.2 Å². The lowest BCUT2D eigenvalue weighted by atomic mass is 9.91. The molecule has 8 nitrogen and oxygen atoms in total. The lowest BCUT2D eigenvalue weighted by Crippen LogP contribution is -2.45. The first-order valence-electron chi connectivity index (χ1n) is 9.26. The van der Waals surface area contributed by atoms with Crippen molar-refractivity contribution in [2.45, 2.75) is 26.7 Å². The fraction of sp³-hybridized carbons (Fsp3) is 0.667. The van der Waals surface area contributed by atoms with E-state index >= 15 is 0 Å². The average Bonchev–Trinajstić information content (AvgIpc) is 3.30. The maximum Gasteiger partial charge on any atom is 0.223 e. The Bertz CT molecular complexity index is 735. The van der Waals surface area contributed by atoms with Gasteiger partial charge in [-0.2, -0.15) is 0 Å². The fourth-order valence-corrected chi connectivity index (χ4v) is 4.34. The van der Waals surface area contributed by atoms with Gasteiger partial charge in [-0.05, 0) is 32.4 Å². The van der Waals surface area contributed by atoms with Gasteiger partial charge in [-0.15, -0.1) is 10.2 Å². The summed E-state index contributed by atoms with van der Waals surface area (Å²) < 4.78 is 4.86. The van der Waals surface area contributed by atoms with E-state index in [0.717, 1.165) is 42.6 Å². The van der Waals surface area contributed by atoms with Gasteiger partial charge in [0.1, 0.15) is 12.0 Å². The second-order valence-electron chi connectivity index (χ2n) is 8.16. The van der Waals surface area contributed by atoms with Crippen molar-refractivity contribution < 1.29 is 9.32 Å². The zero-order chi connectivity index (χ0) is 19.4. The number of rotatable bonds is 7. The standard InChI is InChI=1S/C18H28N6O2S/c1-18(2,12-23(3)4)11-19-15(25)13-5-8-24(9-6-13)17-21-20-16(27-17)14-7-10-26-22-14/h7,10,13H,5-6,8-9,11-12H2,1-4H3,(H,19,25). The minimum absolute atomic E-state index is 0.0595. The van der Waals surface area contributed by atoms with Gasteiger partial charge in [0, 0.05) is 38.2 Å². The van der Waals surface area contributed by atoms with Crippen LogP contribution in [-0.4, -0.2) is 66.4 Å². The Morgan fingerprint density at radius 3 is 2.74 bits per heavy atom. The zero-order valence-corrected chi connectivity index (χ0v) is 17.3. The van der Waals surface area contributed by atoms with Crippen molar-refractivity contribution in [3.05, 3.63) is 12.3 Å². The first-order valence-corrected chi connectivity index (χ1v) is 10.1. The summed E-state index contributed by atoms with van der Waals surface area (Å²) in [5.74, 6) is 0.237. The smallest absolute Gasteiger partial charge is 0.223 e. The number of aromatic nitrogens is 3. The second kappa shape index (κ2) is 8.35. The first kappa shape index (κ1) is 19.8. The Balaban J connectivity index is 1.48. The van der Waals surface area contributed by atoms with Crippen molar-refractivity contribution in [3.8, 4) is 10.7 Å². The predicted octanol–water partition coefficient (Wildman–Crippen LogP) is 2.11. The van der Waals surface area contributed by atoms with E-state index in [1.807, 2.05) is 0 Å². The minimum atomic E-state index is 0.0595. The number of hydrogen-bond donors (Lipinski definition) is 1. The third-order valence-corrected chi connectivity index (χ3v) is 5.70. The van der Waals surface area contributed by atoms with E-state index in [0.29, 0.717) is 12.2 Å². The van der Waals surface area contributed by atoms with Crippen LogP contribution in [0.15, 0.2) is 16.9 Å². The maximum absolute atomic E-state index is 12.5. The molecule has 0 atom stereocenters. The Morgan fingerprint density at radius 1 is 1.37 bits per heavy atom. The van der Waals surface area contributed by atoms with Crippen LogP contribution < -0.4 is 10.2 Å². The molecule has 0 spiro atoms. The minimum Gasteiger partial charge on any atom is -0.364 e. The van der Waals surface area contributed by atoms with Gasteiger partial charge in [-0.25, -0.2) is 0 Å². The number of hydrogen-bond acceptors (Lipinski definition) is 8. The number of carbonyl (C=O) groups excluding carboxylic acids is 1. The Hall–Kier alpha value is -2.00. The number of nitrogens with zero attached hydrogens (tertiary/aromatic N) is 5. The summed E-state index contributed by atoms with van der Waals surface area (Å²) in [5.41, 5.74) is 0.762. The average molecular weight is 393 g/mol. The molecule has 1 aliphatic rings. The number of piperidine rings is 1. The first-order chi connectivity index (χ1) is 12.8. The zero-order valence-electron chi connectivity index (χ0n) is 16.4. The maximum atomic E-state index is 12.5. The number of carbonyl (C=O) groups is 1. The molecule has 1 saturated heterocycles. The van der Waals surface area contributed by atoms with Gasteiger partial charge in [0.05, 0.1) is 0 Å². The summed E-state index contributed by atoms with van der Waals surface area (Å²) in [6.45, 7) is 7.62. The molecule has 3 rings (SSSR count). The van der Waals surface area contributed by atoms with Crippen molar-refractivity contribution in [1.82, 2.24) is 25.6 Å². The second-order valence-corrected chi connectivity index (χ2v) is 9.11. The van der Waals surface area contributed by atoms with Crippen LogP contribution in [0.4, 0.5) is 5.13 Å². The highest BCUT2D eigenvalue weighted by molar-refractivity contribution is 7.18. The van der Waals surface area contributed by atoms with Gasteiger partial charge in [-0.3, -0.25) is 4.79 Å². The molecular weight excluding hydrogens is 364 g/mol. The van der Waals surface area contributed by atoms with E-state index in [1.165, 1.54) is 17.6 Å². The Kier molecular flexibility index (Phi) is 6.11. The monoisotopic (exact) mass is 392 g/mol. The molecule has 2 aromatic heterocycles. The summed E-state index contributed by atoms with van der Waals surface area (Å²) >= 11 is 1.50. The topological polar surface area (TPSA) is 87.4 Å². The number of nitrogens with one attached hydrogen (secondary N) is 1. The van der Waals surface area contributed by atoms with E-state index in [9.17, 15) is 4.79 Å². The molecule has 1 amide bonds. The van der Waals surface area contributed by atoms with Crippen LogP contribution >= 0.6 is 11.3 Å². The van der Waals surface area contributed by atoms with Crippen LogP contribution in [0, 0.1) is 11.3 Å². The van der Waals surface area contributed by atoms with Crippen molar-refractivity contribution in [3.63, 3.8) is 0 Å². The summed E-state index contributed by atoms with van der Waals surface area (Å²) in [4.78, 5) is 16.9. The lowest BCUT2D eigenvalue weighted by molar-refractivity contribution is -0.126. The van der Waals surface area contributed by atoms with E-state index in [1.54, 1.807) is 6.07 Å². The predicted molar refractivity (Wildman–Crippen MR) is 106 cm³/mol. The van der Waals surface area contributed by atoms with Crippen LogP contribution in [0.3, 0.4) is 0 Å². The van der Waals surface area contributed by atoms with E-state index in [-0.39, 0.29) is 17.2 Å². The van der Waals surface area contributed by atoms with Gasteiger partial charge in [0.15, 0.2) is 5.01 Å². The molecule has 0 bridgehead atoms. The molecule has 9 heteroatoms. The molecule has 0 aromatic carbocycles. The third-order valence-electron chi connectivity index (χ3n) is 4.69. The van der Waals surface area contributed by atoms with Gasteiger partial charge in [-0.1, -0.05) is 30.3 Å². The Labute approximate surface area is 163 Å². The number of amides is 1. The van der Waals surface area contributed by atoms with E-state index < -0.39 is 0 Å². The van der Waals surface area contributed by atoms with Gasteiger partial charge < -0.3 is 19.6 Å². The van der Waals surface area contributed by atoms with Gasteiger partial charge in [0.25, 0.3) is 0 Å². The van der Waals surface area contributed by atoms with Crippen LogP contribution in [-0.2, 0) is 4.79 Å². The highest BCUT2D eigenvalue weighted by atomic mass is 32.1. The van der Waals surface area contributed by atoms with Gasteiger partial charge >= 0.3 is 0 Å². The fourth-order valence-electron chi connectivity index (χ4n) is 3.49. The molecule has 0 saturated carbocycles. The Morgan fingerprint density at radius 2 is 2.11 bits per heavy atom. The summed E-state index contributed by atoms with van der Waals surface area (Å²) in [6.07, 6.45) is 3.19. The van der Waals surface area contributed by atoms with Crippen LogP contribution in [0.25, 0.3) is 10.7 Å². The lowest BCUT2D eigenvalue weighted by Gasteiger charge is -2.32. The highest BCUT2D eigenvalue weighted by Crippen LogP contribution is 2.30. The normalized spacial score (nSPS) is 16.1. The van der Waals surface area contributed by atoms with Crippen molar-refractivity contribution >= 4 is 22.4 Å². The van der Waals surface area contributed by atoms with Crippen LogP contribution in [0.2, 0.25) is 0 Å². The molecule has 0 radical (unpaired) electrons. The van der Waals surface area contributed by atoms with E-state index in [2.05, 4.69) is 58.4 Å². The SMILES string of the molecule is CN(C)CC(C)(C)CNC(=O)C1CCN(c2nnc(-c3ccon3)s2)CC1.